The third kappa shape index (κ3) is 3.34. The Hall–Kier alpha value is -1.81. The summed E-state index contributed by atoms with van der Waals surface area (Å²) >= 11 is 5.98. The summed E-state index contributed by atoms with van der Waals surface area (Å²) in [4.78, 5) is 14.8. The van der Waals surface area contributed by atoms with Crippen molar-refractivity contribution in [3.8, 4) is 0 Å². The minimum absolute atomic E-state index is 0.186. The predicted octanol–water partition coefficient (Wildman–Crippen LogP) is 3.99. The lowest BCUT2D eigenvalue weighted by molar-refractivity contribution is -0.132. The summed E-state index contributed by atoms with van der Waals surface area (Å²) in [5.41, 5.74) is 4.56. The minimum Gasteiger partial charge on any atom is -0.336 e. The number of halogens is 1. The molecule has 0 saturated carbocycles. The molecule has 1 aromatic carbocycles. The second kappa shape index (κ2) is 6.98. The average molecular weight is 346 g/mol. The number of benzene rings is 1. The summed E-state index contributed by atoms with van der Waals surface area (Å²) in [6.07, 6.45) is 3.38. The normalized spacial score (nSPS) is 17.5. The van der Waals surface area contributed by atoms with Crippen molar-refractivity contribution in [1.82, 2.24) is 14.7 Å². The molecule has 1 aliphatic rings. The summed E-state index contributed by atoms with van der Waals surface area (Å²) in [6.45, 7) is 4.92. The molecule has 128 valence electrons. The molecule has 0 aliphatic carbocycles. The SMILES string of the molecule is Cc1nn(C)c(C)c1CCC(=O)N1CCC[C@H]1c1ccc(Cl)cc1. The second-order valence-electron chi connectivity index (χ2n) is 6.57. The Balaban J connectivity index is 1.68. The number of amides is 1. The molecule has 1 saturated heterocycles. The van der Waals surface area contributed by atoms with Gasteiger partial charge in [0.25, 0.3) is 0 Å². The number of rotatable bonds is 4. The first-order valence-corrected chi connectivity index (χ1v) is 8.89. The summed E-state index contributed by atoms with van der Waals surface area (Å²) in [5, 5.41) is 5.17. The monoisotopic (exact) mass is 345 g/mol. The van der Waals surface area contributed by atoms with E-state index in [0.717, 1.165) is 42.2 Å². The van der Waals surface area contributed by atoms with Crippen LogP contribution in [0.1, 0.15) is 47.8 Å². The molecule has 0 N–H and O–H groups in total. The number of carbonyl (C=O) groups excluding carboxylic acids is 1. The first-order valence-electron chi connectivity index (χ1n) is 8.51. The molecule has 1 amide bonds. The van der Waals surface area contributed by atoms with Crippen LogP contribution in [0.2, 0.25) is 5.02 Å². The van der Waals surface area contributed by atoms with Gasteiger partial charge in [-0.1, -0.05) is 23.7 Å². The Kier molecular flexibility index (Phi) is 4.95. The Bertz CT molecular complexity index is 736. The highest BCUT2D eigenvalue weighted by Crippen LogP contribution is 2.33. The van der Waals surface area contributed by atoms with Crippen molar-refractivity contribution in [3.05, 3.63) is 51.8 Å². The van der Waals surface area contributed by atoms with Gasteiger partial charge in [0, 0.05) is 30.7 Å². The third-order valence-electron chi connectivity index (χ3n) is 5.08. The zero-order valence-electron chi connectivity index (χ0n) is 14.6. The summed E-state index contributed by atoms with van der Waals surface area (Å²) in [5.74, 6) is 0.232. The van der Waals surface area contributed by atoms with E-state index in [1.807, 2.05) is 47.8 Å². The van der Waals surface area contributed by atoms with E-state index in [1.165, 1.54) is 11.1 Å². The first kappa shape index (κ1) is 17.0. The van der Waals surface area contributed by atoms with Gasteiger partial charge in [-0.15, -0.1) is 0 Å². The van der Waals surface area contributed by atoms with Crippen molar-refractivity contribution in [2.45, 2.75) is 45.6 Å². The highest BCUT2D eigenvalue weighted by molar-refractivity contribution is 6.30. The molecule has 1 aliphatic heterocycles. The average Bonchev–Trinajstić information content (AvgIpc) is 3.13. The van der Waals surface area contributed by atoms with Crippen molar-refractivity contribution < 1.29 is 4.79 Å². The van der Waals surface area contributed by atoms with Crippen molar-refractivity contribution >= 4 is 17.5 Å². The van der Waals surface area contributed by atoms with Gasteiger partial charge in [0.15, 0.2) is 0 Å². The van der Waals surface area contributed by atoms with Gasteiger partial charge in [-0.3, -0.25) is 9.48 Å². The molecule has 3 rings (SSSR count). The fraction of sp³-hybridized carbons (Fsp3) is 0.474. The molecule has 2 heterocycles. The van der Waals surface area contributed by atoms with Gasteiger partial charge in [0.2, 0.25) is 5.91 Å². The van der Waals surface area contributed by atoms with Gasteiger partial charge < -0.3 is 4.90 Å². The van der Waals surface area contributed by atoms with E-state index in [0.29, 0.717) is 6.42 Å². The van der Waals surface area contributed by atoms with Crippen LogP contribution in [0.4, 0.5) is 0 Å². The highest BCUT2D eigenvalue weighted by Gasteiger charge is 2.29. The van der Waals surface area contributed by atoms with Crippen molar-refractivity contribution in [2.24, 2.45) is 7.05 Å². The van der Waals surface area contributed by atoms with Crippen LogP contribution >= 0.6 is 11.6 Å². The lowest BCUT2D eigenvalue weighted by atomic mass is 10.0. The topological polar surface area (TPSA) is 38.1 Å². The lowest BCUT2D eigenvalue weighted by Gasteiger charge is -2.25. The maximum Gasteiger partial charge on any atom is 0.223 e. The van der Waals surface area contributed by atoms with E-state index < -0.39 is 0 Å². The number of hydrogen-bond acceptors (Lipinski definition) is 2. The van der Waals surface area contributed by atoms with Gasteiger partial charge in [-0.05, 0) is 56.4 Å². The smallest absolute Gasteiger partial charge is 0.223 e. The van der Waals surface area contributed by atoms with E-state index in [2.05, 4.69) is 12.0 Å². The molecule has 5 heteroatoms. The van der Waals surface area contributed by atoms with Crippen molar-refractivity contribution in [2.75, 3.05) is 6.54 Å². The number of hydrogen-bond donors (Lipinski definition) is 0. The number of carbonyl (C=O) groups is 1. The number of nitrogens with zero attached hydrogens (tertiary/aromatic N) is 3. The molecule has 1 fully saturated rings. The molecule has 0 unspecified atom stereocenters. The van der Waals surface area contributed by atoms with E-state index in [-0.39, 0.29) is 11.9 Å². The quantitative estimate of drug-likeness (QED) is 0.840. The van der Waals surface area contributed by atoms with E-state index in [1.54, 1.807) is 0 Å². The highest BCUT2D eigenvalue weighted by atomic mass is 35.5. The zero-order valence-corrected chi connectivity index (χ0v) is 15.3. The Morgan fingerprint density at radius 2 is 2.00 bits per heavy atom. The van der Waals surface area contributed by atoms with E-state index in [9.17, 15) is 4.79 Å². The Labute approximate surface area is 148 Å². The molecular formula is C19H24ClN3O. The fourth-order valence-corrected chi connectivity index (χ4v) is 3.78. The molecule has 4 nitrogen and oxygen atoms in total. The number of aryl methyl sites for hydroxylation is 2. The second-order valence-corrected chi connectivity index (χ2v) is 7.01. The minimum atomic E-state index is 0.186. The van der Waals surface area contributed by atoms with Crippen LogP contribution in [0.15, 0.2) is 24.3 Å². The molecule has 24 heavy (non-hydrogen) atoms. The van der Waals surface area contributed by atoms with Gasteiger partial charge in [0.05, 0.1) is 11.7 Å². The number of aromatic nitrogens is 2. The molecule has 0 radical (unpaired) electrons. The van der Waals surface area contributed by atoms with E-state index in [4.69, 9.17) is 11.6 Å². The van der Waals surface area contributed by atoms with Crippen LogP contribution in [0.3, 0.4) is 0 Å². The molecule has 1 atom stereocenters. The van der Waals surface area contributed by atoms with E-state index >= 15 is 0 Å². The van der Waals surface area contributed by atoms with Gasteiger partial charge in [-0.25, -0.2) is 0 Å². The van der Waals surface area contributed by atoms with Crippen molar-refractivity contribution in [3.63, 3.8) is 0 Å². The van der Waals surface area contributed by atoms with Crippen LogP contribution in [0.25, 0.3) is 0 Å². The van der Waals surface area contributed by atoms with Crippen LogP contribution in [0, 0.1) is 13.8 Å². The first-order chi connectivity index (χ1) is 11.5. The largest absolute Gasteiger partial charge is 0.336 e. The lowest BCUT2D eigenvalue weighted by Crippen LogP contribution is -2.30. The van der Waals surface area contributed by atoms with Gasteiger partial charge in [-0.2, -0.15) is 5.10 Å². The fourth-order valence-electron chi connectivity index (χ4n) is 3.65. The predicted molar refractivity (Wildman–Crippen MR) is 96.1 cm³/mol. The Morgan fingerprint density at radius 3 is 2.62 bits per heavy atom. The molecule has 0 bridgehead atoms. The third-order valence-corrected chi connectivity index (χ3v) is 5.33. The Morgan fingerprint density at radius 1 is 1.29 bits per heavy atom. The van der Waals surface area contributed by atoms with Crippen LogP contribution in [0.5, 0.6) is 0 Å². The maximum absolute atomic E-state index is 12.8. The number of likely N-dealkylation sites (tertiary alicyclic amines) is 1. The van der Waals surface area contributed by atoms with Crippen LogP contribution < -0.4 is 0 Å². The maximum atomic E-state index is 12.8. The standard InChI is InChI=1S/C19H24ClN3O/c1-13-17(14(2)22(3)21-13)10-11-19(24)23-12-4-5-18(23)15-6-8-16(20)9-7-15/h6-9,18H,4-5,10-12H2,1-3H3/t18-/m0/s1. The van der Waals surface area contributed by atoms with Gasteiger partial charge >= 0.3 is 0 Å². The molecule has 0 spiro atoms. The molecular weight excluding hydrogens is 322 g/mol. The van der Waals surface area contributed by atoms with Crippen LogP contribution in [-0.4, -0.2) is 27.1 Å². The van der Waals surface area contributed by atoms with Crippen molar-refractivity contribution in [1.29, 1.82) is 0 Å². The summed E-state index contributed by atoms with van der Waals surface area (Å²) in [7, 11) is 1.95. The van der Waals surface area contributed by atoms with Crippen LogP contribution in [-0.2, 0) is 18.3 Å². The molecule has 2 aromatic rings. The van der Waals surface area contributed by atoms with Gasteiger partial charge in [0.1, 0.15) is 0 Å². The summed E-state index contributed by atoms with van der Waals surface area (Å²) in [6, 6.07) is 8.06. The molecule has 1 aromatic heterocycles. The zero-order chi connectivity index (χ0) is 17.3. The summed E-state index contributed by atoms with van der Waals surface area (Å²) < 4.78 is 1.89.